The van der Waals surface area contributed by atoms with E-state index in [0.29, 0.717) is 30.8 Å². The van der Waals surface area contributed by atoms with Crippen molar-refractivity contribution in [3.05, 3.63) is 35.5 Å². The second-order valence-electron chi connectivity index (χ2n) is 8.28. The summed E-state index contributed by atoms with van der Waals surface area (Å²) in [5.41, 5.74) is 0.976. The van der Waals surface area contributed by atoms with E-state index in [1.807, 2.05) is 26.8 Å². The number of methoxy groups -OCH3 is 1. The van der Waals surface area contributed by atoms with Gasteiger partial charge in [0, 0.05) is 12.5 Å². The molecule has 0 aromatic carbocycles. The third-order valence-corrected chi connectivity index (χ3v) is 5.14. The van der Waals surface area contributed by atoms with Gasteiger partial charge in [0.15, 0.2) is 0 Å². The van der Waals surface area contributed by atoms with Crippen molar-refractivity contribution in [1.82, 2.24) is 0 Å². The third-order valence-electron chi connectivity index (χ3n) is 5.14. The van der Waals surface area contributed by atoms with Gasteiger partial charge in [-0.1, -0.05) is 30.7 Å². The van der Waals surface area contributed by atoms with Gasteiger partial charge < -0.3 is 14.6 Å². The van der Waals surface area contributed by atoms with Crippen LogP contribution in [-0.4, -0.2) is 35.9 Å². The molecule has 0 aliphatic heterocycles. The fourth-order valence-electron chi connectivity index (χ4n) is 3.47. The lowest BCUT2D eigenvalue weighted by Crippen LogP contribution is -2.29. The third kappa shape index (κ3) is 8.87. The topological polar surface area (TPSA) is 72.8 Å². The first-order valence-corrected chi connectivity index (χ1v) is 10.1. The van der Waals surface area contributed by atoms with Crippen LogP contribution in [0.15, 0.2) is 35.5 Å². The van der Waals surface area contributed by atoms with E-state index < -0.39 is 11.7 Å². The van der Waals surface area contributed by atoms with Crippen LogP contribution in [0.4, 0.5) is 0 Å². The van der Waals surface area contributed by atoms with E-state index in [1.165, 1.54) is 19.6 Å². The molecular formula is C23H36O5. The molecule has 158 valence electrons. The Kier molecular flexibility index (Phi) is 9.66. The van der Waals surface area contributed by atoms with Crippen molar-refractivity contribution in [1.29, 1.82) is 0 Å². The monoisotopic (exact) mass is 392 g/mol. The molecule has 5 heteroatoms. The molecule has 1 aliphatic rings. The second kappa shape index (κ2) is 11.2. The van der Waals surface area contributed by atoms with Gasteiger partial charge in [-0.05, 0) is 70.8 Å². The van der Waals surface area contributed by atoms with Gasteiger partial charge >= 0.3 is 11.9 Å². The largest absolute Gasteiger partial charge is 0.466 e. The van der Waals surface area contributed by atoms with Crippen molar-refractivity contribution in [2.75, 3.05) is 7.11 Å². The normalized spacial score (nSPS) is 24.2. The molecule has 0 amide bonds. The zero-order valence-corrected chi connectivity index (χ0v) is 18.2. The van der Waals surface area contributed by atoms with Crippen LogP contribution in [0.5, 0.6) is 0 Å². The van der Waals surface area contributed by atoms with E-state index >= 15 is 0 Å². The first kappa shape index (κ1) is 24.2. The molecule has 0 saturated heterocycles. The van der Waals surface area contributed by atoms with Crippen LogP contribution in [0, 0.1) is 11.8 Å². The summed E-state index contributed by atoms with van der Waals surface area (Å²) >= 11 is 0. The molecule has 0 aromatic rings. The van der Waals surface area contributed by atoms with Crippen LogP contribution in [-0.2, 0) is 19.1 Å². The summed E-state index contributed by atoms with van der Waals surface area (Å²) in [5.74, 6) is -0.215. The van der Waals surface area contributed by atoms with Crippen molar-refractivity contribution < 1.29 is 24.2 Å². The molecule has 0 saturated carbocycles. The quantitative estimate of drug-likeness (QED) is 0.355. The molecule has 0 aromatic heterocycles. The van der Waals surface area contributed by atoms with Crippen molar-refractivity contribution in [3.63, 3.8) is 0 Å². The number of hydrogen-bond donors (Lipinski definition) is 1. The summed E-state index contributed by atoms with van der Waals surface area (Å²) in [6.07, 6.45) is 10.7. The lowest BCUT2D eigenvalue weighted by atomic mass is 9.78. The molecule has 0 heterocycles. The highest BCUT2D eigenvalue weighted by molar-refractivity contribution is 5.88. The number of esters is 2. The summed E-state index contributed by atoms with van der Waals surface area (Å²) in [4.78, 5) is 23.8. The standard InChI is InChI=1S/C23H36O5/c1-16(2)8-7-9-20(22(25)27-6)15-21(28-18(4)24)14-17(3)19-10-12-23(5,26)13-11-19/h8,10,12,15,17,19,21,26H,7,9,11,13-14H2,1-6H3/t17-,19+,21+,23+/m1/s1. The smallest absolute Gasteiger partial charge is 0.333 e. The molecule has 1 aliphatic carbocycles. The number of hydrogen-bond acceptors (Lipinski definition) is 5. The van der Waals surface area contributed by atoms with Crippen molar-refractivity contribution in [2.24, 2.45) is 11.8 Å². The van der Waals surface area contributed by atoms with Gasteiger partial charge in [-0.2, -0.15) is 0 Å². The number of carbonyl (C=O) groups excluding carboxylic acids is 2. The fraction of sp³-hybridized carbons (Fsp3) is 0.652. The molecule has 0 fully saturated rings. The van der Waals surface area contributed by atoms with Crippen LogP contribution >= 0.6 is 0 Å². The van der Waals surface area contributed by atoms with E-state index in [1.54, 1.807) is 6.08 Å². The number of aliphatic hydroxyl groups is 1. The van der Waals surface area contributed by atoms with Gasteiger partial charge in [-0.15, -0.1) is 0 Å². The highest BCUT2D eigenvalue weighted by Crippen LogP contribution is 2.32. The van der Waals surface area contributed by atoms with Gasteiger partial charge in [-0.3, -0.25) is 4.79 Å². The van der Waals surface area contributed by atoms with E-state index in [4.69, 9.17) is 9.47 Å². The maximum absolute atomic E-state index is 12.2. The number of carbonyl (C=O) groups is 2. The van der Waals surface area contributed by atoms with Gasteiger partial charge in [0.2, 0.25) is 0 Å². The SMILES string of the molecule is COC(=O)C(=C[C@H](C[C@@H](C)[C@H]1C=C[C@](C)(O)CC1)OC(C)=O)CCC=C(C)C. The molecule has 28 heavy (non-hydrogen) atoms. The minimum Gasteiger partial charge on any atom is -0.466 e. The Morgan fingerprint density at radius 2 is 2.00 bits per heavy atom. The number of rotatable bonds is 9. The minimum atomic E-state index is -0.742. The van der Waals surface area contributed by atoms with Crippen molar-refractivity contribution in [3.8, 4) is 0 Å². The molecule has 0 unspecified atom stereocenters. The molecule has 0 bridgehead atoms. The maximum Gasteiger partial charge on any atom is 0.333 e. The number of allylic oxidation sites excluding steroid dienone is 3. The average molecular weight is 393 g/mol. The summed E-state index contributed by atoms with van der Waals surface area (Å²) < 4.78 is 10.4. The lowest BCUT2D eigenvalue weighted by Gasteiger charge is -2.31. The van der Waals surface area contributed by atoms with E-state index in [-0.39, 0.29) is 17.9 Å². The Morgan fingerprint density at radius 3 is 2.50 bits per heavy atom. The van der Waals surface area contributed by atoms with Gasteiger partial charge in [0.25, 0.3) is 0 Å². The molecule has 1 rings (SSSR count). The Morgan fingerprint density at radius 1 is 1.32 bits per heavy atom. The van der Waals surface area contributed by atoms with E-state index in [2.05, 4.69) is 19.1 Å². The zero-order valence-electron chi connectivity index (χ0n) is 18.2. The molecule has 0 radical (unpaired) electrons. The molecule has 5 nitrogen and oxygen atoms in total. The van der Waals surface area contributed by atoms with E-state index in [9.17, 15) is 14.7 Å². The Hall–Kier alpha value is -1.88. The zero-order chi connectivity index (χ0) is 21.3. The summed E-state index contributed by atoms with van der Waals surface area (Å²) in [6, 6.07) is 0. The molecule has 0 spiro atoms. The first-order valence-electron chi connectivity index (χ1n) is 10.1. The Labute approximate surface area is 169 Å². The Balaban J connectivity index is 2.93. The second-order valence-corrected chi connectivity index (χ2v) is 8.28. The van der Waals surface area contributed by atoms with Crippen LogP contribution in [0.3, 0.4) is 0 Å². The lowest BCUT2D eigenvalue weighted by molar-refractivity contribution is -0.145. The molecule has 1 N–H and O–H groups in total. The van der Waals surface area contributed by atoms with Crippen LogP contribution < -0.4 is 0 Å². The summed E-state index contributed by atoms with van der Waals surface area (Å²) in [6.45, 7) is 9.33. The van der Waals surface area contributed by atoms with Crippen LogP contribution in [0.25, 0.3) is 0 Å². The molecular weight excluding hydrogens is 356 g/mol. The highest BCUT2D eigenvalue weighted by atomic mass is 16.5. The average Bonchev–Trinajstić information content (AvgIpc) is 2.59. The summed E-state index contributed by atoms with van der Waals surface area (Å²) in [5, 5.41) is 10.1. The summed E-state index contributed by atoms with van der Waals surface area (Å²) in [7, 11) is 1.36. The maximum atomic E-state index is 12.2. The predicted molar refractivity (Wildman–Crippen MR) is 111 cm³/mol. The fourth-order valence-corrected chi connectivity index (χ4v) is 3.47. The minimum absolute atomic E-state index is 0.240. The van der Waals surface area contributed by atoms with Gasteiger partial charge in [-0.25, -0.2) is 4.79 Å². The van der Waals surface area contributed by atoms with Crippen molar-refractivity contribution >= 4 is 11.9 Å². The van der Waals surface area contributed by atoms with Gasteiger partial charge in [0.05, 0.1) is 12.7 Å². The highest BCUT2D eigenvalue weighted by Gasteiger charge is 2.28. The predicted octanol–water partition coefficient (Wildman–Crippen LogP) is 4.51. The van der Waals surface area contributed by atoms with Gasteiger partial charge in [0.1, 0.15) is 6.10 Å². The number of ether oxygens (including phenoxy) is 2. The van der Waals surface area contributed by atoms with Crippen LogP contribution in [0.2, 0.25) is 0 Å². The van der Waals surface area contributed by atoms with Crippen LogP contribution in [0.1, 0.15) is 66.7 Å². The first-order chi connectivity index (χ1) is 13.0. The Bertz CT molecular complexity index is 623. The van der Waals surface area contributed by atoms with E-state index in [0.717, 1.165) is 12.8 Å². The van der Waals surface area contributed by atoms with Crippen molar-refractivity contribution in [2.45, 2.75) is 78.4 Å². The molecule has 4 atom stereocenters.